The van der Waals surface area contributed by atoms with Crippen molar-refractivity contribution >= 4 is 64.2 Å². The Balaban J connectivity index is 1.59. The van der Waals surface area contributed by atoms with Crippen LogP contribution in [0, 0.1) is 0 Å². The fourth-order valence-electron chi connectivity index (χ4n) is 5.37. The lowest BCUT2D eigenvalue weighted by Crippen LogP contribution is -2.01. The third-order valence-electron chi connectivity index (χ3n) is 7.00. The molecule has 0 aliphatic carbocycles. The van der Waals surface area contributed by atoms with Gasteiger partial charge in [0.25, 0.3) is 0 Å². The van der Waals surface area contributed by atoms with Gasteiger partial charge in [-0.1, -0.05) is 91.0 Å². The molecule has 0 fully saturated rings. The molecule has 0 saturated heterocycles. The lowest BCUT2D eigenvalue weighted by atomic mass is 10.1. The summed E-state index contributed by atoms with van der Waals surface area (Å²) < 4.78 is 3.56. The Morgan fingerprint density at radius 3 is 2.11 bits per heavy atom. The van der Waals surface area contributed by atoms with Gasteiger partial charge < -0.3 is 0 Å². The van der Waals surface area contributed by atoms with Gasteiger partial charge in [0.2, 0.25) is 0 Å². The van der Waals surface area contributed by atoms with E-state index < -0.39 is 0 Å². The van der Waals surface area contributed by atoms with Crippen molar-refractivity contribution < 1.29 is 0 Å². The number of rotatable bonds is 2. The molecule has 0 aliphatic rings. The van der Waals surface area contributed by atoms with Crippen LogP contribution in [-0.2, 0) is 0 Å². The van der Waals surface area contributed by atoms with E-state index in [2.05, 4.69) is 102 Å². The molecule has 3 nitrogen and oxygen atoms in total. The first-order chi connectivity index (χ1) is 17.8. The number of hydrogen-bond donors (Lipinski definition) is 0. The van der Waals surface area contributed by atoms with Gasteiger partial charge in [-0.3, -0.25) is 4.57 Å². The van der Waals surface area contributed by atoms with Crippen LogP contribution in [0.25, 0.3) is 70.1 Å². The van der Waals surface area contributed by atoms with Crippen LogP contribution in [0.1, 0.15) is 0 Å². The molecule has 0 bridgehead atoms. The Labute approximate surface area is 210 Å². The van der Waals surface area contributed by atoms with Crippen molar-refractivity contribution in [1.82, 2.24) is 14.5 Å². The van der Waals surface area contributed by atoms with E-state index in [-0.39, 0.29) is 0 Å². The Bertz CT molecular complexity index is 2100. The zero-order chi connectivity index (χ0) is 23.6. The van der Waals surface area contributed by atoms with Gasteiger partial charge >= 0.3 is 0 Å². The summed E-state index contributed by atoms with van der Waals surface area (Å²) in [6, 6.07) is 40.6. The lowest BCUT2D eigenvalue weighted by molar-refractivity contribution is 1.08. The highest BCUT2D eigenvalue weighted by Gasteiger charge is 2.20. The SMILES string of the molecule is c1ccc(-c2nc(-n3c4ccccc4c4cc5ccccc5cc43)c3c(n2)sc2ccccc23)cc1. The second-order valence-electron chi connectivity index (χ2n) is 9.08. The average molecular weight is 478 g/mol. The van der Waals surface area contributed by atoms with Crippen LogP contribution in [-0.4, -0.2) is 14.5 Å². The molecule has 4 heteroatoms. The largest absolute Gasteiger partial charge is 0.293 e. The molecule has 8 rings (SSSR count). The van der Waals surface area contributed by atoms with E-state index in [0.717, 1.165) is 38.5 Å². The van der Waals surface area contributed by atoms with Gasteiger partial charge in [0, 0.05) is 26.4 Å². The minimum Gasteiger partial charge on any atom is -0.293 e. The lowest BCUT2D eigenvalue weighted by Gasteiger charge is -2.11. The first-order valence-corrected chi connectivity index (χ1v) is 12.8. The topological polar surface area (TPSA) is 30.7 Å². The quantitative estimate of drug-likeness (QED) is 0.249. The maximum absolute atomic E-state index is 5.27. The molecule has 3 aromatic heterocycles. The highest BCUT2D eigenvalue weighted by molar-refractivity contribution is 7.25. The molecule has 0 saturated carbocycles. The van der Waals surface area contributed by atoms with Gasteiger partial charge in [0.05, 0.1) is 16.4 Å². The van der Waals surface area contributed by atoms with E-state index in [1.807, 2.05) is 18.2 Å². The van der Waals surface area contributed by atoms with Gasteiger partial charge in [0.1, 0.15) is 4.83 Å². The molecule has 36 heavy (non-hydrogen) atoms. The van der Waals surface area contributed by atoms with Crippen molar-refractivity contribution in [2.45, 2.75) is 0 Å². The molecule has 0 spiro atoms. The Morgan fingerprint density at radius 2 is 1.25 bits per heavy atom. The second-order valence-corrected chi connectivity index (χ2v) is 10.1. The number of fused-ring (bicyclic) bond motifs is 7. The summed E-state index contributed by atoms with van der Waals surface area (Å²) in [7, 11) is 0. The van der Waals surface area contributed by atoms with Crippen molar-refractivity contribution in [2.24, 2.45) is 0 Å². The summed E-state index contributed by atoms with van der Waals surface area (Å²) in [5, 5.41) is 7.22. The van der Waals surface area contributed by atoms with Crippen molar-refractivity contribution in [1.29, 1.82) is 0 Å². The predicted octanol–water partition coefficient (Wildman–Crippen LogP) is 8.76. The minimum atomic E-state index is 0.747. The number of thiophene rings is 1. The fraction of sp³-hybridized carbons (Fsp3) is 0. The molecule has 0 amide bonds. The van der Waals surface area contributed by atoms with Crippen molar-refractivity contribution in [3.05, 3.63) is 115 Å². The van der Waals surface area contributed by atoms with E-state index in [1.54, 1.807) is 11.3 Å². The van der Waals surface area contributed by atoms with E-state index >= 15 is 0 Å². The molecular formula is C32H19N3S. The average Bonchev–Trinajstić information content (AvgIpc) is 3.47. The van der Waals surface area contributed by atoms with Crippen LogP contribution >= 0.6 is 11.3 Å². The molecular weight excluding hydrogens is 458 g/mol. The van der Waals surface area contributed by atoms with Gasteiger partial charge in [0.15, 0.2) is 11.6 Å². The Morgan fingerprint density at radius 1 is 0.556 bits per heavy atom. The molecule has 0 N–H and O–H groups in total. The zero-order valence-corrected chi connectivity index (χ0v) is 20.0. The maximum atomic E-state index is 5.27. The molecule has 0 aliphatic heterocycles. The molecule has 0 atom stereocenters. The van der Waals surface area contributed by atoms with Gasteiger partial charge in [-0.05, 0) is 35.0 Å². The normalized spacial score (nSPS) is 11.9. The van der Waals surface area contributed by atoms with Crippen molar-refractivity contribution in [2.75, 3.05) is 0 Å². The Hall–Kier alpha value is -4.54. The second kappa shape index (κ2) is 7.48. The van der Waals surface area contributed by atoms with Gasteiger partial charge in [-0.15, -0.1) is 11.3 Å². The molecule has 0 radical (unpaired) electrons. The first kappa shape index (κ1) is 19.7. The summed E-state index contributed by atoms with van der Waals surface area (Å²) in [4.78, 5) is 11.3. The monoisotopic (exact) mass is 477 g/mol. The molecule has 3 heterocycles. The van der Waals surface area contributed by atoms with Crippen LogP contribution in [0.4, 0.5) is 0 Å². The van der Waals surface area contributed by atoms with Crippen LogP contribution < -0.4 is 0 Å². The predicted molar refractivity (Wildman–Crippen MR) is 152 cm³/mol. The summed E-state index contributed by atoms with van der Waals surface area (Å²) >= 11 is 1.73. The summed E-state index contributed by atoms with van der Waals surface area (Å²) in [5.74, 6) is 1.68. The summed E-state index contributed by atoms with van der Waals surface area (Å²) in [6.07, 6.45) is 0. The van der Waals surface area contributed by atoms with Crippen molar-refractivity contribution in [3.63, 3.8) is 0 Å². The fourth-order valence-corrected chi connectivity index (χ4v) is 6.44. The van der Waals surface area contributed by atoms with Crippen LogP contribution in [0.15, 0.2) is 115 Å². The summed E-state index contributed by atoms with van der Waals surface area (Å²) in [6.45, 7) is 0. The van der Waals surface area contributed by atoms with Crippen LogP contribution in [0.2, 0.25) is 0 Å². The van der Waals surface area contributed by atoms with Gasteiger partial charge in [-0.25, -0.2) is 9.97 Å². The highest BCUT2D eigenvalue weighted by Crippen LogP contribution is 2.41. The molecule has 8 aromatic rings. The molecule has 0 unspecified atom stereocenters. The van der Waals surface area contributed by atoms with E-state index in [1.165, 1.54) is 31.6 Å². The minimum absolute atomic E-state index is 0.747. The van der Waals surface area contributed by atoms with E-state index in [0.29, 0.717) is 0 Å². The van der Waals surface area contributed by atoms with E-state index in [4.69, 9.17) is 9.97 Å². The number of nitrogens with zero attached hydrogens (tertiary/aromatic N) is 3. The maximum Gasteiger partial charge on any atom is 0.163 e. The molecule has 5 aromatic carbocycles. The van der Waals surface area contributed by atoms with Crippen molar-refractivity contribution in [3.8, 4) is 17.2 Å². The number of benzene rings is 5. The third kappa shape index (κ3) is 2.79. The van der Waals surface area contributed by atoms with Gasteiger partial charge in [-0.2, -0.15) is 0 Å². The number of para-hydroxylation sites is 1. The highest BCUT2D eigenvalue weighted by atomic mass is 32.1. The number of aromatic nitrogens is 3. The standard InChI is InChI=1S/C32H19N3S/c1-2-10-20(11-3-1)30-33-31(29-24-15-7-9-17-28(24)36-32(29)34-30)35-26-16-8-6-14-23(26)25-18-21-12-4-5-13-22(21)19-27(25)35/h1-19H. The smallest absolute Gasteiger partial charge is 0.163 e. The Kier molecular flexibility index (Phi) is 4.10. The molecule has 168 valence electrons. The van der Waals surface area contributed by atoms with Crippen LogP contribution in [0.3, 0.4) is 0 Å². The van der Waals surface area contributed by atoms with E-state index in [9.17, 15) is 0 Å². The third-order valence-corrected chi connectivity index (χ3v) is 8.07. The first-order valence-electron chi connectivity index (χ1n) is 12.0. The summed E-state index contributed by atoms with van der Waals surface area (Å²) in [5.41, 5.74) is 3.32. The number of hydrogen-bond acceptors (Lipinski definition) is 3. The zero-order valence-electron chi connectivity index (χ0n) is 19.2. The van der Waals surface area contributed by atoms with Crippen LogP contribution in [0.5, 0.6) is 0 Å².